The number of nitrogens with zero attached hydrogens (tertiary/aromatic N) is 1. The molecule has 1 atom stereocenters. The average Bonchev–Trinajstić information content (AvgIpc) is 2.80. The van der Waals surface area contributed by atoms with E-state index >= 15 is 0 Å². The molecule has 0 radical (unpaired) electrons. The zero-order valence-electron chi connectivity index (χ0n) is 18.0. The molecule has 5 nitrogen and oxygen atoms in total. The molecule has 34 heavy (non-hydrogen) atoms. The molecular weight excluding hydrogens is 445 g/mol. The van der Waals surface area contributed by atoms with E-state index < -0.39 is 11.7 Å². The molecule has 2 aliphatic heterocycles. The number of halogens is 3. The van der Waals surface area contributed by atoms with E-state index in [1.165, 1.54) is 12.1 Å². The number of benzene rings is 3. The molecule has 0 aromatic heterocycles. The molecule has 174 valence electrons. The highest BCUT2D eigenvalue weighted by Crippen LogP contribution is 2.39. The fourth-order valence-corrected chi connectivity index (χ4v) is 4.56. The largest absolute Gasteiger partial charge is 0.482 e. The lowest BCUT2D eigenvalue weighted by Crippen LogP contribution is -2.52. The Labute approximate surface area is 194 Å². The van der Waals surface area contributed by atoms with Gasteiger partial charge < -0.3 is 15.0 Å². The van der Waals surface area contributed by atoms with Crippen molar-refractivity contribution in [3.8, 4) is 5.75 Å². The van der Waals surface area contributed by atoms with E-state index in [4.69, 9.17) is 4.74 Å². The molecule has 2 heterocycles. The number of alkyl halides is 3. The number of carbonyl (C=O) groups is 2. The van der Waals surface area contributed by atoms with Crippen molar-refractivity contribution in [2.24, 2.45) is 5.92 Å². The number of hydrogen-bond acceptors (Lipinski definition) is 3. The van der Waals surface area contributed by atoms with Crippen molar-refractivity contribution in [3.05, 3.63) is 95.1 Å². The first-order chi connectivity index (χ1) is 16.3. The fourth-order valence-electron chi connectivity index (χ4n) is 4.56. The van der Waals surface area contributed by atoms with Gasteiger partial charge in [0.25, 0.3) is 11.8 Å². The monoisotopic (exact) mass is 466 g/mol. The van der Waals surface area contributed by atoms with E-state index in [-0.39, 0.29) is 30.3 Å². The quantitative estimate of drug-likeness (QED) is 0.593. The fraction of sp³-hybridized carbons (Fsp3) is 0.231. The third-order valence-electron chi connectivity index (χ3n) is 6.28. The Bertz CT molecular complexity index is 1220. The molecule has 0 saturated carbocycles. The Kier molecular flexibility index (Phi) is 5.51. The highest BCUT2D eigenvalue weighted by molar-refractivity contribution is 6.00. The van der Waals surface area contributed by atoms with Gasteiger partial charge in [-0.2, -0.15) is 13.2 Å². The summed E-state index contributed by atoms with van der Waals surface area (Å²) in [6, 6.07) is 19.8. The topological polar surface area (TPSA) is 58.6 Å². The lowest BCUT2D eigenvalue weighted by molar-refractivity contribution is -0.137. The first-order valence-electron chi connectivity index (χ1n) is 10.9. The van der Waals surface area contributed by atoms with Crippen LogP contribution >= 0.6 is 0 Å². The molecule has 1 fully saturated rings. The first-order valence-corrected chi connectivity index (χ1v) is 10.9. The second kappa shape index (κ2) is 8.52. The van der Waals surface area contributed by atoms with Crippen LogP contribution in [0.5, 0.6) is 5.75 Å². The van der Waals surface area contributed by atoms with E-state index in [2.05, 4.69) is 5.32 Å². The molecule has 1 saturated heterocycles. The summed E-state index contributed by atoms with van der Waals surface area (Å²) in [6.45, 7) is 0.887. The number of rotatable bonds is 4. The second-order valence-electron chi connectivity index (χ2n) is 8.53. The van der Waals surface area contributed by atoms with Gasteiger partial charge in [-0.05, 0) is 41.5 Å². The van der Waals surface area contributed by atoms with Crippen LogP contribution in [0.4, 0.5) is 18.9 Å². The van der Waals surface area contributed by atoms with Gasteiger partial charge in [-0.3, -0.25) is 9.59 Å². The summed E-state index contributed by atoms with van der Waals surface area (Å²) in [4.78, 5) is 26.3. The minimum Gasteiger partial charge on any atom is -0.482 e. The third kappa shape index (κ3) is 4.23. The lowest BCUT2D eigenvalue weighted by Gasteiger charge is -2.44. The zero-order valence-corrected chi connectivity index (χ0v) is 18.0. The smallest absolute Gasteiger partial charge is 0.416 e. The van der Waals surface area contributed by atoms with E-state index in [9.17, 15) is 22.8 Å². The third-order valence-corrected chi connectivity index (χ3v) is 6.28. The van der Waals surface area contributed by atoms with Gasteiger partial charge in [0.2, 0.25) is 0 Å². The van der Waals surface area contributed by atoms with Gasteiger partial charge in [-0.15, -0.1) is 0 Å². The Morgan fingerprint density at radius 2 is 1.65 bits per heavy atom. The normalized spacial score (nSPS) is 16.7. The van der Waals surface area contributed by atoms with Crippen molar-refractivity contribution in [1.82, 2.24) is 4.90 Å². The molecule has 0 aliphatic carbocycles. The molecule has 0 spiro atoms. The van der Waals surface area contributed by atoms with Crippen molar-refractivity contribution >= 4 is 17.5 Å². The number of anilines is 1. The van der Waals surface area contributed by atoms with Gasteiger partial charge in [0.15, 0.2) is 6.61 Å². The first kappa shape index (κ1) is 22.0. The number of likely N-dealkylation sites (tertiary alicyclic amines) is 1. The summed E-state index contributed by atoms with van der Waals surface area (Å²) in [5, 5.41) is 2.70. The predicted molar refractivity (Wildman–Crippen MR) is 120 cm³/mol. The molecule has 3 aromatic rings. The van der Waals surface area contributed by atoms with E-state index in [1.807, 2.05) is 30.3 Å². The van der Waals surface area contributed by atoms with Crippen LogP contribution in [-0.2, 0) is 11.0 Å². The van der Waals surface area contributed by atoms with Crippen LogP contribution in [0.1, 0.15) is 33.0 Å². The van der Waals surface area contributed by atoms with E-state index in [1.54, 1.807) is 23.1 Å². The average molecular weight is 466 g/mol. The molecule has 1 N–H and O–H groups in total. The SMILES string of the molecule is O=C1COc2ccc(C(=O)N3CC(C(c4ccccc4)c4ccc(C(F)(F)F)cc4)C3)cc2N1. The Hall–Kier alpha value is -3.81. The summed E-state index contributed by atoms with van der Waals surface area (Å²) < 4.78 is 44.4. The maximum atomic E-state index is 13.0. The van der Waals surface area contributed by atoms with Gasteiger partial charge in [0, 0.05) is 30.5 Å². The van der Waals surface area contributed by atoms with E-state index in [0.717, 1.165) is 23.3 Å². The van der Waals surface area contributed by atoms with E-state index in [0.29, 0.717) is 30.1 Å². The summed E-state index contributed by atoms with van der Waals surface area (Å²) in [5.74, 6) is -0.00181. The van der Waals surface area contributed by atoms with Gasteiger partial charge >= 0.3 is 6.18 Å². The van der Waals surface area contributed by atoms with Crippen LogP contribution in [-0.4, -0.2) is 36.4 Å². The van der Waals surface area contributed by atoms with Crippen LogP contribution < -0.4 is 10.1 Å². The lowest BCUT2D eigenvalue weighted by atomic mass is 9.76. The predicted octanol–water partition coefficient (Wildman–Crippen LogP) is 4.94. The van der Waals surface area contributed by atoms with Crippen molar-refractivity contribution < 1.29 is 27.5 Å². The van der Waals surface area contributed by atoms with Gasteiger partial charge in [0.05, 0.1) is 11.3 Å². The van der Waals surface area contributed by atoms with Crippen molar-refractivity contribution in [2.75, 3.05) is 25.0 Å². The molecule has 2 aliphatic rings. The summed E-state index contributed by atoms with van der Waals surface area (Å²) in [6.07, 6.45) is -4.39. The van der Waals surface area contributed by atoms with Gasteiger partial charge in [-0.1, -0.05) is 42.5 Å². The number of nitrogens with one attached hydrogen (secondary N) is 1. The minimum atomic E-state index is -4.39. The molecule has 8 heteroatoms. The Balaban J connectivity index is 1.35. The van der Waals surface area contributed by atoms with Crippen LogP contribution in [0.15, 0.2) is 72.8 Å². The highest BCUT2D eigenvalue weighted by atomic mass is 19.4. The van der Waals surface area contributed by atoms with Crippen LogP contribution in [0.2, 0.25) is 0 Å². The summed E-state index contributed by atoms with van der Waals surface area (Å²) >= 11 is 0. The molecular formula is C26H21F3N2O3. The maximum Gasteiger partial charge on any atom is 0.416 e. The molecule has 5 rings (SSSR count). The van der Waals surface area contributed by atoms with Crippen molar-refractivity contribution in [2.45, 2.75) is 12.1 Å². The Morgan fingerprint density at radius 1 is 0.971 bits per heavy atom. The summed E-state index contributed by atoms with van der Waals surface area (Å²) in [7, 11) is 0. The highest BCUT2D eigenvalue weighted by Gasteiger charge is 2.38. The number of ether oxygens (including phenoxy) is 1. The van der Waals surface area contributed by atoms with Gasteiger partial charge in [-0.25, -0.2) is 0 Å². The number of carbonyl (C=O) groups excluding carboxylic acids is 2. The number of hydrogen-bond donors (Lipinski definition) is 1. The maximum absolute atomic E-state index is 13.0. The van der Waals surface area contributed by atoms with Gasteiger partial charge in [0.1, 0.15) is 5.75 Å². The van der Waals surface area contributed by atoms with Crippen LogP contribution in [0.3, 0.4) is 0 Å². The summed E-state index contributed by atoms with van der Waals surface area (Å²) in [5.41, 5.74) is 2.00. The molecule has 0 bridgehead atoms. The Morgan fingerprint density at radius 3 is 2.32 bits per heavy atom. The van der Waals surface area contributed by atoms with Crippen LogP contribution in [0.25, 0.3) is 0 Å². The number of amides is 2. The zero-order chi connectivity index (χ0) is 23.9. The molecule has 2 amide bonds. The molecule has 1 unspecified atom stereocenters. The van der Waals surface area contributed by atoms with Crippen molar-refractivity contribution in [3.63, 3.8) is 0 Å². The second-order valence-corrected chi connectivity index (χ2v) is 8.53. The standard InChI is InChI=1S/C26H21F3N2O3/c27-26(28,29)20-9-6-17(7-10-20)24(16-4-2-1-3-5-16)19-13-31(14-19)25(33)18-8-11-22-21(12-18)30-23(32)15-34-22/h1-12,19,24H,13-15H2,(H,30,32). The van der Waals surface area contributed by atoms with Crippen molar-refractivity contribution in [1.29, 1.82) is 0 Å². The van der Waals surface area contributed by atoms with Crippen LogP contribution in [0, 0.1) is 5.92 Å². The number of fused-ring (bicyclic) bond motifs is 1. The minimum absolute atomic E-state index is 0.0566. The molecule has 3 aromatic carbocycles.